The number of nitrogens with one attached hydrogen (secondary N) is 1. The first kappa shape index (κ1) is 101. The summed E-state index contributed by atoms with van der Waals surface area (Å²) in [5.41, 5.74) is 13.9. The molecule has 6 bridgehead atoms. The summed E-state index contributed by atoms with van der Waals surface area (Å²) in [4.78, 5) is 77.7. The normalized spacial score (nSPS) is 14.8. The van der Waals surface area contributed by atoms with E-state index in [2.05, 4.69) is 55.6 Å². The summed E-state index contributed by atoms with van der Waals surface area (Å²) in [6, 6.07) is 15.4. The van der Waals surface area contributed by atoms with Crippen molar-refractivity contribution >= 4 is 92.8 Å². The maximum Gasteiger partial charge on any atom is -0.412 e. The third kappa shape index (κ3) is 29.9. The van der Waals surface area contributed by atoms with E-state index in [-0.39, 0.29) is 98.2 Å². The fourth-order valence-electron chi connectivity index (χ4n) is 14.7. The van der Waals surface area contributed by atoms with Gasteiger partial charge in [0.1, 0.15) is 5.69 Å². The summed E-state index contributed by atoms with van der Waals surface area (Å²) < 4.78 is 95.6. The molecule has 0 fully saturated rings. The molecule has 2 amide bonds. The minimum atomic E-state index is -1.68. The molecule has 36 heteroatoms. The number of carbonyl (C=O) groups is 5. The quantitative estimate of drug-likeness (QED) is 0.0293. The summed E-state index contributed by atoms with van der Waals surface area (Å²) in [5, 5.41) is 44.2. The van der Waals surface area contributed by atoms with Gasteiger partial charge in [0.2, 0.25) is 5.91 Å². The Morgan fingerprint density at radius 1 is 0.540 bits per heavy atom. The van der Waals surface area contributed by atoms with Gasteiger partial charge in [0.05, 0.1) is 242 Å². The van der Waals surface area contributed by atoms with Gasteiger partial charge in [0, 0.05) is 17.5 Å². The molecule has 0 saturated heterocycles. The number of hydrogen-bond donors (Lipinski definition) is 4. The number of ether oxygens (including phenoxy) is 16. The molecule has 5 aromatic rings. The van der Waals surface area contributed by atoms with Crippen LogP contribution in [-0.4, -0.2) is 328 Å². The number of nitrogens with zero attached hydrogens (tertiary/aromatic N) is 8. The number of benzene rings is 2. The number of anilines is 1. The number of aromatic nitrogens is 5. The fraction of sp³-hybridized carbons (Fsp3) is 0.557. The number of aliphatic carboxylic acids is 3. The predicted molar refractivity (Wildman–Crippen MR) is 463 cm³/mol. The van der Waals surface area contributed by atoms with Gasteiger partial charge < -0.3 is 96.7 Å². The molecule has 680 valence electrons. The molecule has 0 aliphatic carbocycles. The van der Waals surface area contributed by atoms with Gasteiger partial charge in [-0.25, -0.2) is 4.68 Å². The molecular formula is C88H123N9O26Sn. The van der Waals surface area contributed by atoms with Crippen molar-refractivity contribution in [2.24, 2.45) is 21.8 Å². The molecule has 2 radical (unpaired) electrons. The summed E-state index contributed by atoms with van der Waals surface area (Å²) in [6.07, 6.45) is 8.95. The maximum atomic E-state index is 14.7. The third-order valence-electron chi connectivity index (χ3n) is 21.0. The average molecular weight is 1840 g/mol. The van der Waals surface area contributed by atoms with Gasteiger partial charge in [-0.3, -0.25) is 9.59 Å². The Kier molecular flexibility index (Phi) is 45.0. The van der Waals surface area contributed by atoms with Crippen LogP contribution in [0.1, 0.15) is 98.5 Å². The molecule has 5 aliphatic heterocycles. The van der Waals surface area contributed by atoms with Crippen molar-refractivity contribution in [1.29, 1.82) is 0 Å². The predicted octanol–water partition coefficient (Wildman–Crippen LogP) is 4.85. The van der Waals surface area contributed by atoms with E-state index < -0.39 is 45.5 Å². The second kappa shape index (κ2) is 55.3. The number of rotatable bonds is 63. The molecule has 2 aromatic carbocycles. The largest absolute Gasteiger partial charge is 0.412 e. The van der Waals surface area contributed by atoms with Crippen LogP contribution in [0.4, 0.5) is 5.69 Å². The van der Waals surface area contributed by atoms with Crippen LogP contribution in [0, 0.1) is 25.7 Å². The van der Waals surface area contributed by atoms with Crippen LogP contribution < -0.4 is 20.9 Å². The SMILES string of the molecule is C=Cc1c(C)c2[n]3c1C=c1c(C)c(CC)c([n]1[Sn]3)=CC1=NC(=C(CCC(=O)NCCC(=O)N3Cc4ccccc4-c4c(nnn4CCOCCOCCOCCOCCOCCOCCOCCOCCOCCOCCOCCOCCOCCOCCOCCOCCC(=O)O)-c4ccccc43)C3=NC(=C2)C(C)C3CCC(=O)O)C(C(=O)O)=C1C.O.O. The van der Waals surface area contributed by atoms with Crippen molar-refractivity contribution < 1.29 is 126 Å². The first-order chi connectivity index (χ1) is 59.6. The van der Waals surface area contributed by atoms with Crippen molar-refractivity contribution in [2.75, 3.05) is 223 Å². The van der Waals surface area contributed by atoms with E-state index in [1.54, 1.807) is 11.8 Å². The molecule has 8 N–H and O–H groups in total. The zero-order chi connectivity index (χ0) is 86.2. The van der Waals surface area contributed by atoms with Crippen LogP contribution in [0.3, 0.4) is 0 Å². The smallest absolute Gasteiger partial charge is 0.412 e. The summed E-state index contributed by atoms with van der Waals surface area (Å²) in [6.45, 7) is 28.6. The minimum Gasteiger partial charge on any atom is -0.412 e. The van der Waals surface area contributed by atoms with Gasteiger partial charge in [-0.15, -0.1) is 5.10 Å². The first-order valence-corrected chi connectivity index (χ1v) is 44.7. The number of aliphatic imine (C=N–C) groups is 2. The van der Waals surface area contributed by atoms with Crippen molar-refractivity contribution in [3.05, 3.63) is 133 Å². The topological polar surface area (TPSA) is 437 Å². The second-order valence-corrected chi connectivity index (χ2v) is 32.2. The Morgan fingerprint density at radius 3 is 1.50 bits per heavy atom. The Morgan fingerprint density at radius 2 is 1.02 bits per heavy atom. The average Bonchev–Trinajstić information content (AvgIpc) is 1.56. The Bertz CT molecular complexity index is 4570. The van der Waals surface area contributed by atoms with Gasteiger partial charge in [-0.2, -0.15) is 0 Å². The molecule has 0 spiro atoms. The monoisotopic (exact) mass is 1840 g/mol. The van der Waals surface area contributed by atoms with E-state index in [9.17, 15) is 34.2 Å². The van der Waals surface area contributed by atoms with Crippen LogP contribution in [0.5, 0.6) is 0 Å². The molecule has 3 aromatic heterocycles. The van der Waals surface area contributed by atoms with Gasteiger partial charge in [0.15, 0.2) is 0 Å². The number of carbonyl (C=O) groups excluding carboxylic acids is 2. The maximum absolute atomic E-state index is 14.7. The summed E-state index contributed by atoms with van der Waals surface area (Å²) in [7, 11) is 0. The fourth-order valence-corrected chi connectivity index (χ4v) is 18.9. The van der Waals surface area contributed by atoms with E-state index in [4.69, 9.17) is 96.0 Å². The van der Waals surface area contributed by atoms with E-state index in [0.717, 1.165) is 73.3 Å². The van der Waals surface area contributed by atoms with Crippen LogP contribution in [0.15, 0.2) is 93.2 Å². The van der Waals surface area contributed by atoms with Crippen molar-refractivity contribution in [3.8, 4) is 22.5 Å². The molecule has 35 nitrogen and oxygen atoms in total. The van der Waals surface area contributed by atoms with E-state index in [1.165, 1.54) is 0 Å². The molecule has 8 heterocycles. The molecule has 2 atom stereocenters. The van der Waals surface area contributed by atoms with Crippen LogP contribution in [-0.2, 0) is 119 Å². The molecule has 0 saturated carbocycles. The van der Waals surface area contributed by atoms with E-state index in [0.29, 0.717) is 251 Å². The minimum absolute atomic E-state index is 0. The molecular weight excluding hydrogens is 1720 g/mol. The third-order valence-corrected chi connectivity index (χ3v) is 24.9. The van der Waals surface area contributed by atoms with Crippen molar-refractivity contribution in [1.82, 2.24) is 25.9 Å². The Balaban J connectivity index is 0.00000953. The van der Waals surface area contributed by atoms with Crippen molar-refractivity contribution in [3.63, 3.8) is 0 Å². The Labute approximate surface area is 733 Å². The zero-order valence-corrected chi connectivity index (χ0v) is 74.8. The van der Waals surface area contributed by atoms with Crippen molar-refractivity contribution in [2.45, 2.75) is 92.7 Å². The summed E-state index contributed by atoms with van der Waals surface area (Å²) >= 11 is -1.68. The molecule has 124 heavy (non-hydrogen) atoms. The number of hydrogen-bond acceptors (Lipinski definition) is 25. The van der Waals surface area contributed by atoms with Crippen LogP contribution in [0.25, 0.3) is 46.8 Å². The molecule has 2 unspecified atom stereocenters. The number of allylic oxidation sites excluding steroid dienone is 3. The van der Waals surface area contributed by atoms with Gasteiger partial charge in [-0.05, 0) is 11.6 Å². The van der Waals surface area contributed by atoms with Gasteiger partial charge >= 0.3 is 291 Å². The summed E-state index contributed by atoms with van der Waals surface area (Å²) in [5.74, 6) is -4.35. The number of amides is 2. The van der Waals surface area contributed by atoms with E-state index >= 15 is 0 Å². The number of fused-ring (bicyclic) bond motifs is 7. The van der Waals surface area contributed by atoms with E-state index in [1.807, 2.05) is 72.3 Å². The van der Waals surface area contributed by atoms with Crippen LogP contribution in [0.2, 0.25) is 0 Å². The molecule has 10 rings (SSSR count). The standard InChI is InChI=1S/C88H121N9O24.2H2O.Sn/c1-7-66-61(3)72-57-74-63(5)68(18-20-81(100)101)84(92-74)71(85-83(88(104)105)64(6)75(93-85)59-77-67(8-2)62(4)73(91-77)58-76(66)90-72)17-19-79(98)89-23-21-80(99)96-60-65-13-9-10-14-69(65)87-86(70-15-11-12-16-78(70)96)94-95-97(87)24-26-107-28-30-109-32-34-111-36-38-113-40-42-115-44-46-117-48-50-119-52-54-121-56-55-120-53-51-118-49-47-116-45-43-114-41-39-112-37-35-110-33-31-108-29-27-106-25-22-82(102)103;;;/h7,9-16,57-59,63,68H,1,8,17-56,60H2,2-6H3,(H6,89,90,91,92,93,94,95,98,100,101,102,103,104,105);2*1H2;/q;;;+2/p-2. The zero-order valence-electron chi connectivity index (χ0n) is 72.0. The van der Waals surface area contributed by atoms with Crippen LogP contribution >= 0.6 is 0 Å². The Hall–Kier alpha value is -8.39. The second-order valence-electron chi connectivity index (χ2n) is 29.0. The number of carboxylic acids is 3. The van der Waals surface area contributed by atoms with Gasteiger partial charge in [-0.1, -0.05) is 47.7 Å². The first-order valence-electron chi connectivity index (χ1n) is 42.1. The van der Waals surface area contributed by atoms with Gasteiger partial charge in [0.25, 0.3) is 0 Å². The molecule has 5 aliphatic rings. The number of para-hydroxylation sites is 1. The number of carboxylic acid groups (broad SMARTS) is 3.